The van der Waals surface area contributed by atoms with E-state index in [1.165, 1.54) is 4.90 Å². The molecule has 0 atom stereocenters. The molecule has 19 heavy (non-hydrogen) atoms. The third-order valence-corrected chi connectivity index (χ3v) is 4.22. The van der Waals surface area contributed by atoms with E-state index in [2.05, 4.69) is 0 Å². The minimum Gasteiger partial charge on any atom is -0.465 e. The molecule has 0 radical (unpaired) electrons. The van der Waals surface area contributed by atoms with Crippen LogP contribution in [0.4, 0.5) is 4.79 Å². The average Bonchev–Trinajstić information content (AvgIpc) is 2.34. The van der Waals surface area contributed by atoms with Gasteiger partial charge in [-0.25, -0.2) is 4.79 Å². The molecule has 1 aromatic carbocycles. The summed E-state index contributed by atoms with van der Waals surface area (Å²) in [6.45, 7) is 0.709. The summed E-state index contributed by atoms with van der Waals surface area (Å²) in [6.07, 6.45) is 0.382. The van der Waals surface area contributed by atoms with Crippen LogP contribution in [0.5, 0.6) is 0 Å². The lowest BCUT2D eigenvalue weighted by atomic mass is 9.85. The number of hydrogen-bond donors (Lipinski definition) is 2. The van der Waals surface area contributed by atoms with E-state index >= 15 is 0 Å². The Hall–Kier alpha value is -0.970. The quantitative estimate of drug-likeness (QED) is 0.883. The van der Waals surface area contributed by atoms with Gasteiger partial charge in [-0.15, -0.1) is 0 Å². The van der Waals surface area contributed by atoms with E-state index < -0.39 is 11.7 Å². The molecule has 1 aliphatic rings. The Morgan fingerprint density at radius 2 is 1.89 bits per heavy atom. The number of carboxylic acid groups (broad SMARTS) is 1. The van der Waals surface area contributed by atoms with E-state index in [0.29, 0.717) is 42.4 Å². The molecule has 1 aromatic rings. The standard InChI is InChI=1S/C13H15Cl2NO3/c14-10-2-1-9(7-11(10)15)8-13(19)3-5-16(6-4-13)12(17)18/h1-2,7,19H,3-6,8H2,(H,17,18). The monoisotopic (exact) mass is 303 g/mol. The van der Waals surface area contributed by atoms with E-state index in [1.807, 2.05) is 6.07 Å². The van der Waals surface area contributed by atoms with Gasteiger partial charge in [0.1, 0.15) is 0 Å². The van der Waals surface area contributed by atoms with Crippen LogP contribution in [-0.4, -0.2) is 39.9 Å². The van der Waals surface area contributed by atoms with Crippen LogP contribution in [0.15, 0.2) is 18.2 Å². The molecule has 1 fully saturated rings. The molecule has 1 saturated heterocycles. The summed E-state index contributed by atoms with van der Waals surface area (Å²) in [5, 5.41) is 20.3. The molecule has 2 N–H and O–H groups in total. The lowest BCUT2D eigenvalue weighted by Crippen LogP contribution is -2.47. The van der Waals surface area contributed by atoms with Crippen LogP contribution in [0.25, 0.3) is 0 Å². The summed E-state index contributed by atoms with van der Waals surface area (Å²) in [4.78, 5) is 12.1. The fourth-order valence-electron chi connectivity index (χ4n) is 2.32. The number of benzene rings is 1. The number of piperidine rings is 1. The van der Waals surface area contributed by atoms with Gasteiger partial charge < -0.3 is 15.1 Å². The normalized spacial score (nSPS) is 18.4. The topological polar surface area (TPSA) is 60.8 Å². The summed E-state index contributed by atoms with van der Waals surface area (Å²) >= 11 is 11.8. The summed E-state index contributed by atoms with van der Waals surface area (Å²) < 4.78 is 0. The highest BCUT2D eigenvalue weighted by Crippen LogP contribution is 2.29. The van der Waals surface area contributed by atoms with Crippen molar-refractivity contribution >= 4 is 29.3 Å². The number of likely N-dealkylation sites (tertiary alicyclic amines) is 1. The highest BCUT2D eigenvalue weighted by molar-refractivity contribution is 6.42. The van der Waals surface area contributed by atoms with Gasteiger partial charge in [-0.3, -0.25) is 0 Å². The van der Waals surface area contributed by atoms with Crippen LogP contribution in [-0.2, 0) is 6.42 Å². The molecular weight excluding hydrogens is 289 g/mol. The predicted octanol–water partition coefficient (Wildman–Crippen LogP) is 3.04. The van der Waals surface area contributed by atoms with Crippen molar-refractivity contribution in [3.63, 3.8) is 0 Å². The van der Waals surface area contributed by atoms with Crippen LogP contribution in [0, 0.1) is 0 Å². The van der Waals surface area contributed by atoms with E-state index in [1.54, 1.807) is 12.1 Å². The Morgan fingerprint density at radius 3 is 2.42 bits per heavy atom. The Morgan fingerprint density at radius 1 is 1.26 bits per heavy atom. The van der Waals surface area contributed by atoms with Crippen LogP contribution in [0.3, 0.4) is 0 Å². The van der Waals surface area contributed by atoms with Crippen molar-refractivity contribution in [2.24, 2.45) is 0 Å². The van der Waals surface area contributed by atoms with E-state index in [0.717, 1.165) is 5.56 Å². The number of amides is 1. The second-order valence-electron chi connectivity index (χ2n) is 4.92. The van der Waals surface area contributed by atoms with E-state index in [4.69, 9.17) is 28.3 Å². The summed E-state index contributed by atoms with van der Waals surface area (Å²) in [6, 6.07) is 5.27. The molecule has 4 nitrogen and oxygen atoms in total. The van der Waals surface area contributed by atoms with E-state index in [-0.39, 0.29) is 0 Å². The van der Waals surface area contributed by atoms with Crippen molar-refractivity contribution in [3.05, 3.63) is 33.8 Å². The molecule has 0 aliphatic carbocycles. The first-order valence-electron chi connectivity index (χ1n) is 6.04. The lowest BCUT2D eigenvalue weighted by Gasteiger charge is -2.37. The van der Waals surface area contributed by atoms with Crippen LogP contribution >= 0.6 is 23.2 Å². The third kappa shape index (κ3) is 3.53. The number of hydrogen-bond acceptors (Lipinski definition) is 2. The lowest BCUT2D eigenvalue weighted by molar-refractivity contribution is -0.0162. The number of aliphatic hydroxyl groups is 1. The largest absolute Gasteiger partial charge is 0.465 e. The summed E-state index contributed by atoms with van der Waals surface area (Å²) in [7, 11) is 0. The van der Waals surface area contributed by atoms with Crippen molar-refractivity contribution in [3.8, 4) is 0 Å². The maximum absolute atomic E-state index is 10.8. The molecule has 0 spiro atoms. The van der Waals surface area contributed by atoms with Crippen LogP contribution in [0.1, 0.15) is 18.4 Å². The second kappa shape index (κ2) is 5.57. The van der Waals surface area contributed by atoms with Gasteiger partial charge in [0.15, 0.2) is 0 Å². The predicted molar refractivity (Wildman–Crippen MR) is 73.9 cm³/mol. The average molecular weight is 304 g/mol. The van der Waals surface area contributed by atoms with Crippen molar-refractivity contribution < 1.29 is 15.0 Å². The van der Waals surface area contributed by atoms with Crippen LogP contribution < -0.4 is 0 Å². The summed E-state index contributed by atoms with van der Waals surface area (Å²) in [5.41, 5.74) is 0.0315. The molecule has 1 aliphatic heterocycles. The van der Waals surface area contributed by atoms with Gasteiger partial charge in [-0.1, -0.05) is 29.3 Å². The molecule has 6 heteroatoms. The molecule has 0 unspecified atom stereocenters. The van der Waals surface area contributed by atoms with Crippen molar-refractivity contribution in [2.75, 3.05) is 13.1 Å². The zero-order valence-electron chi connectivity index (χ0n) is 10.3. The SMILES string of the molecule is O=C(O)N1CCC(O)(Cc2ccc(Cl)c(Cl)c2)CC1. The zero-order valence-corrected chi connectivity index (χ0v) is 11.8. The Kier molecular flexibility index (Phi) is 4.23. The fraction of sp³-hybridized carbons (Fsp3) is 0.462. The fourth-order valence-corrected chi connectivity index (χ4v) is 2.64. The molecule has 104 valence electrons. The summed E-state index contributed by atoms with van der Waals surface area (Å²) in [5.74, 6) is 0. The molecule has 1 amide bonds. The first-order valence-corrected chi connectivity index (χ1v) is 6.79. The van der Waals surface area contributed by atoms with Gasteiger partial charge >= 0.3 is 6.09 Å². The minimum atomic E-state index is -0.934. The van der Waals surface area contributed by atoms with Gasteiger partial charge in [-0.2, -0.15) is 0 Å². The van der Waals surface area contributed by atoms with Gasteiger partial charge in [0.05, 0.1) is 15.6 Å². The maximum atomic E-state index is 10.8. The van der Waals surface area contributed by atoms with Crippen LogP contribution in [0.2, 0.25) is 10.0 Å². The zero-order chi connectivity index (χ0) is 14.0. The first kappa shape index (κ1) is 14.4. The Bertz CT molecular complexity index is 485. The molecule has 0 saturated carbocycles. The number of carbonyl (C=O) groups is 1. The van der Waals surface area contributed by atoms with Gasteiger partial charge in [0.25, 0.3) is 0 Å². The first-order chi connectivity index (χ1) is 8.89. The van der Waals surface area contributed by atoms with Gasteiger partial charge in [0, 0.05) is 19.5 Å². The smallest absolute Gasteiger partial charge is 0.407 e. The molecular formula is C13H15Cl2NO3. The number of nitrogens with zero attached hydrogens (tertiary/aromatic N) is 1. The number of halogens is 2. The molecule has 1 heterocycles. The maximum Gasteiger partial charge on any atom is 0.407 e. The molecule has 0 aromatic heterocycles. The van der Waals surface area contributed by atoms with Crippen molar-refractivity contribution in [1.29, 1.82) is 0 Å². The Labute approximate surface area is 121 Å². The minimum absolute atomic E-state index is 0.354. The number of rotatable bonds is 2. The molecule has 2 rings (SSSR count). The molecule has 0 bridgehead atoms. The van der Waals surface area contributed by atoms with Crippen molar-refractivity contribution in [1.82, 2.24) is 4.90 Å². The van der Waals surface area contributed by atoms with Gasteiger partial charge in [-0.05, 0) is 30.5 Å². The Balaban J connectivity index is 2.02. The second-order valence-corrected chi connectivity index (χ2v) is 5.73. The van der Waals surface area contributed by atoms with Crippen molar-refractivity contribution in [2.45, 2.75) is 24.9 Å². The van der Waals surface area contributed by atoms with Gasteiger partial charge in [0.2, 0.25) is 0 Å². The third-order valence-electron chi connectivity index (χ3n) is 3.48. The highest BCUT2D eigenvalue weighted by atomic mass is 35.5. The highest BCUT2D eigenvalue weighted by Gasteiger charge is 2.34. The van der Waals surface area contributed by atoms with E-state index in [9.17, 15) is 9.90 Å².